The first-order valence-corrected chi connectivity index (χ1v) is 11.9. The Hall–Kier alpha value is -4.17. The van der Waals surface area contributed by atoms with Crippen LogP contribution >= 0.6 is 11.8 Å². The van der Waals surface area contributed by atoms with Gasteiger partial charge in [0.2, 0.25) is 5.91 Å². The number of esters is 1. The molecule has 2 N–H and O–H groups in total. The fourth-order valence-electron chi connectivity index (χ4n) is 3.35. The topological polar surface area (TPSA) is 97.4 Å². The van der Waals surface area contributed by atoms with Crippen molar-refractivity contribution in [2.75, 3.05) is 23.0 Å². The number of carbonyl (C=O) groups is 3. The Bertz CT molecular complexity index is 1370. The van der Waals surface area contributed by atoms with Crippen LogP contribution in [0.1, 0.15) is 15.9 Å². The lowest BCUT2D eigenvalue weighted by molar-refractivity contribution is -0.119. The number of nitrogens with one attached hydrogen (secondary N) is 2. The number of aryl methyl sites for hydroxylation is 1. The number of fused-ring (bicyclic) bond motifs is 1. The number of pyridine rings is 1. The first-order valence-electron chi connectivity index (χ1n) is 10.9. The number of ether oxygens (including phenoxy) is 1. The highest BCUT2D eigenvalue weighted by Gasteiger charge is 2.16. The first kappa shape index (κ1) is 24.0. The van der Waals surface area contributed by atoms with Crippen molar-refractivity contribution in [1.82, 2.24) is 4.98 Å². The van der Waals surface area contributed by atoms with Crippen molar-refractivity contribution in [3.05, 3.63) is 96.2 Å². The molecule has 0 saturated heterocycles. The summed E-state index contributed by atoms with van der Waals surface area (Å²) in [5, 5.41) is 6.38. The van der Waals surface area contributed by atoms with Crippen molar-refractivity contribution in [3.8, 4) is 0 Å². The average Bonchev–Trinajstić information content (AvgIpc) is 2.88. The minimum Gasteiger partial charge on any atom is -0.452 e. The predicted octanol–water partition coefficient (Wildman–Crippen LogP) is 5.07. The Morgan fingerprint density at radius 2 is 1.66 bits per heavy atom. The summed E-state index contributed by atoms with van der Waals surface area (Å²) in [5.74, 6) is -1.17. The Morgan fingerprint density at radius 3 is 2.49 bits per heavy atom. The van der Waals surface area contributed by atoms with Gasteiger partial charge in [-0.2, -0.15) is 0 Å². The number of hydrogen-bond donors (Lipinski definition) is 2. The van der Waals surface area contributed by atoms with Crippen LogP contribution in [0.2, 0.25) is 0 Å². The lowest BCUT2D eigenvalue weighted by Gasteiger charge is -2.11. The second-order valence-electron chi connectivity index (χ2n) is 7.70. The number of anilines is 2. The van der Waals surface area contributed by atoms with Crippen LogP contribution in [0, 0.1) is 6.92 Å². The quantitative estimate of drug-likeness (QED) is 0.267. The summed E-state index contributed by atoms with van der Waals surface area (Å²) in [6.07, 6.45) is 1.68. The van der Waals surface area contributed by atoms with Gasteiger partial charge in [0.15, 0.2) is 6.61 Å². The summed E-state index contributed by atoms with van der Waals surface area (Å²) in [4.78, 5) is 42.3. The first-order chi connectivity index (χ1) is 17.0. The van der Waals surface area contributed by atoms with E-state index in [0.29, 0.717) is 21.8 Å². The second-order valence-corrected chi connectivity index (χ2v) is 8.72. The van der Waals surface area contributed by atoms with Crippen molar-refractivity contribution >= 4 is 51.8 Å². The van der Waals surface area contributed by atoms with Crippen LogP contribution in [0.15, 0.2) is 90.0 Å². The van der Waals surface area contributed by atoms with E-state index >= 15 is 0 Å². The van der Waals surface area contributed by atoms with Crippen LogP contribution in [0.25, 0.3) is 10.9 Å². The molecule has 0 radical (unpaired) electrons. The molecule has 0 unspecified atom stereocenters. The van der Waals surface area contributed by atoms with Gasteiger partial charge in [-0.05, 0) is 55.5 Å². The summed E-state index contributed by atoms with van der Waals surface area (Å²) in [6.45, 7) is 1.53. The maximum Gasteiger partial charge on any atom is 0.339 e. The molecule has 1 aromatic heterocycles. The number of nitrogens with zero attached hydrogens (tertiary/aromatic N) is 1. The molecule has 0 spiro atoms. The third-order valence-electron chi connectivity index (χ3n) is 5.06. The largest absolute Gasteiger partial charge is 0.452 e. The van der Waals surface area contributed by atoms with Crippen molar-refractivity contribution in [1.29, 1.82) is 0 Å². The number of hydrogen-bond acceptors (Lipinski definition) is 6. The minimum atomic E-state index is -0.637. The Morgan fingerprint density at radius 1 is 0.857 bits per heavy atom. The van der Waals surface area contributed by atoms with Crippen LogP contribution in [-0.4, -0.2) is 35.1 Å². The molecular weight excluding hydrogens is 462 g/mol. The molecule has 4 rings (SSSR count). The van der Waals surface area contributed by atoms with Crippen molar-refractivity contribution in [2.24, 2.45) is 0 Å². The number of amides is 2. The predicted molar refractivity (Wildman–Crippen MR) is 138 cm³/mol. The molecule has 3 aromatic carbocycles. The Labute approximate surface area is 206 Å². The lowest BCUT2D eigenvalue weighted by atomic mass is 10.2. The van der Waals surface area contributed by atoms with Crippen molar-refractivity contribution in [3.63, 3.8) is 0 Å². The van der Waals surface area contributed by atoms with Gasteiger partial charge in [0.05, 0.1) is 22.5 Å². The molecule has 0 saturated carbocycles. The van der Waals surface area contributed by atoms with Gasteiger partial charge in [0.25, 0.3) is 5.91 Å². The van der Waals surface area contributed by atoms with E-state index in [9.17, 15) is 14.4 Å². The number of benzene rings is 3. The maximum absolute atomic E-state index is 12.7. The molecule has 1 heterocycles. The Balaban J connectivity index is 1.33. The summed E-state index contributed by atoms with van der Waals surface area (Å²) in [5.41, 5.74) is 3.45. The molecule has 7 nitrogen and oxygen atoms in total. The van der Waals surface area contributed by atoms with E-state index in [-0.39, 0.29) is 11.7 Å². The number of carbonyl (C=O) groups excluding carboxylic acids is 3. The summed E-state index contributed by atoms with van der Waals surface area (Å²) < 4.78 is 5.25. The number of rotatable bonds is 8. The van der Waals surface area contributed by atoms with E-state index in [1.807, 2.05) is 43.3 Å². The van der Waals surface area contributed by atoms with E-state index in [2.05, 4.69) is 15.6 Å². The van der Waals surface area contributed by atoms with Gasteiger partial charge < -0.3 is 15.4 Å². The Kier molecular flexibility index (Phi) is 7.74. The summed E-state index contributed by atoms with van der Waals surface area (Å²) in [6, 6.07) is 23.4. The zero-order valence-corrected chi connectivity index (χ0v) is 19.8. The van der Waals surface area contributed by atoms with Crippen LogP contribution in [0.4, 0.5) is 11.4 Å². The molecule has 8 heteroatoms. The standard InChI is InChI=1S/C27H23N3O4S/c1-18-11-13-19(14-12-18)29-26(32)17-35-24-10-3-2-6-21(24)27(33)34-16-25(31)30-23-9-4-8-22-20(23)7-5-15-28-22/h2-15H,16-17H2,1H3,(H,29,32)(H,30,31). The molecule has 0 bridgehead atoms. The van der Waals surface area contributed by atoms with E-state index in [1.54, 1.807) is 48.7 Å². The SMILES string of the molecule is Cc1ccc(NC(=O)CSc2ccccc2C(=O)OCC(=O)Nc2cccc3ncccc23)cc1. The molecule has 35 heavy (non-hydrogen) atoms. The van der Waals surface area contributed by atoms with E-state index in [1.165, 1.54) is 11.8 Å². The van der Waals surface area contributed by atoms with Crippen LogP contribution in [-0.2, 0) is 14.3 Å². The third-order valence-corrected chi connectivity index (χ3v) is 6.13. The van der Waals surface area contributed by atoms with Crippen LogP contribution in [0.3, 0.4) is 0 Å². The van der Waals surface area contributed by atoms with Gasteiger partial charge in [-0.1, -0.05) is 35.9 Å². The molecular formula is C27H23N3O4S. The van der Waals surface area contributed by atoms with Gasteiger partial charge in [0.1, 0.15) is 0 Å². The zero-order valence-electron chi connectivity index (χ0n) is 19.0. The van der Waals surface area contributed by atoms with Crippen LogP contribution < -0.4 is 10.6 Å². The van der Waals surface area contributed by atoms with E-state index in [4.69, 9.17) is 4.74 Å². The van der Waals surface area contributed by atoms with Crippen molar-refractivity contribution < 1.29 is 19.1 Å². The molecule has 176 valence electrons. The molecule has 0 aliphatic heterocycles. The average molecular weight is 486 g/mol. The fraction of sp³-hybridized carbons (Fsp3) is 0.111. The van der Waals surface area contributed by atoms with Gasteiger partial charge >= 0.3 is 5.97 Å². The summed E-state index contributed by atoms with van der Waals surface area (Å²) >= 11 is 1.22. The van der Waals surface area contributed by atoms with Gasteiger partial charge in [-0.15, -0.1) is 11.8 Å². The van der Waals surface area contributed by atoms with Gasteiger partial charge in [-0.25, -0.2) is 4.79 Å². The second kappa shape index (κ2) is 11.3. The van der Waals surface area contributed by atoms with Crippen molar-refractivity contribution in [2.45, 2.75) is 11.8 Å². The highest BCUT2D eigenvalue weighted by atomic mass is 32.2. The number of aromatic nitrogens is 1. The molecule has 0 aliphatic rings. The summed E-state index contributed by atoms with van der Waals surface area (Å²) in [7, 11) is 0. The normalized spacial score (nSPS) is 10.5. The van der Waals surface area contributed by atoms with Gasteiger partial charge in [-0.3, -0.25) is 14.6 Å². The monoisotopic (exact) mass is 485 g/mol. The lowest BCUT2D eigenvalue weighted by Crippen LogP contribution is -2.21. The fourth-order valence-corrected chi connectivity index (χ4v) is 4.19. The van der Waals surface area contributed by atoms with Gasteiger partial charge in [0, 0.05) is 22.2 Å². The van der Waals surface area contributed by atoms with E-state index in [0.717, 1.165) is 16.5 Å². The third kappa shape index (κ3) is 6.45. The highest BCUT2D eigenvalue weighted by molar-refractivity contribution is 8.00. The molecule has 0 fully saturated rings. The number of thioether (sulfide) groups is 1. The molecule has 4 aromatic rings. The minimum absolute atomic E-state index is 0.119. The molecule has 2 amide bonds. The molecule has 0 aliphatic carbocycles. The highest BCUT2D eigenvalue weighted by Crippen LogP contribution is 2.24. The zero-order chi connectivity index (χ0) is 24.6. The van der Waals surface area contributed by atoms with E-state index < -0.39 is 18.5 Å². The maximum atomic E-state index is 12.7. The smallest absolute Gasteiger partial charge is 0.339 e. The van der Waals surface area contributed by atoms with Crippen LogP contribution in [0.5, 0.6) is 0 Å². The molecule has 0 atom stereocenters.